The second-order valence-electron chi connectivity index (χ2n) is 6.54. The molecule has 0 aliphatic carbocycles. The Kier molecular flexibility index (Phi) is 10.3. The van der Waals surface area contributed by atoms with Crippen LogP contribution in [0.2, 0.25) is 0 Å². The summed E-state index contributed by atoms with van der Waals surface area (Å²) in [6, 6.07) is 8.42. The molecule has 0 radical (unpaired) electrons. The van der Waals surface area contributed by atoms with Gasteiger partial charge in [0.15, 0.2) is 0 Å². The van der Waals surface area contributed by atoms with Crippen LogP contribution < -0.4 is 10.7 Å². The number of rotatable bonds is 9. The molecule has 3 amide bonds. The summed E-state index contributed by atoms with van der Waals surface area (Å²) in [7, 11) is 0. The molecule has 0 heterocycles. The van der Waals surface area contributed by atoms with Gasteiger partial charge in [0.1, 0.15) is 18.5 Å². The van der Waals surface area contributed by atoms with E-state index in [1.165, 1.54) is 5.01 Å². The van der Waals surface area contributed by atoms with Crippen molar-refractivity contribution in [3.05, 3.63) is 35.9 Å². The van der Waals surface area contributed by atoms with E-state index in [9.17, 15) is 14.4 Å². The minimum absolute atomic E-state index is 0.107. The molecule has 0 aliphatic heterocycles. The molecule has 1 atom stereocenters. The maximum atomic E-state index is 12.6. The zero-order valence-electron chi connectivity index (χ0n) is 16.0. The lowest BCUT2D eigenvalue weighted by atomic mass is 10.0. The molecule has 1 aromatic carbocycles. The summed E-state index contributed by atoms with van der Waals surface area (Å²) in [5.74, 6) is -0.964. The lowest BCUT2D eigenvalue weighted by Crippen LogP contribution is -2.55. The normalized spacial score (nSPS) is 11.6. The van der Waals surface area contributed by atoms with Gasteiger partial charge in [-0.25, -0.2) is 4.79 Å². The molecular formula is C19H28ClN3O4. The highest BCUT2D eigenvalue weighted by Gasteiger charge is 2.25. The maximum Gasteiger partial charge on any atom is 0.408 e. The molecule has 0 saturated heterocycles. The Bertz CT molecular complexity index is 610. The van der Waals surface area contributed by atoms with Crippen molar-refractivity contribution in [1.29, 1.82) is 0 Å². The molecule has 0 aliphatic rings. The number of carbonyl (C=O) groups excluding carboxylic acids is 3. The van der Waals surface area contributed by atoms with E-state index in [2.05, 4.69) is 10.7 Å². The van der Waals surface area contributed by atoms with Crippen LogP contribution >= 0.6 is 11.6 Å². The fourth-order valence-electron chi connectivity index (χ4n) is 2.36. The number of ether oxygens (including phenoxy) is 1. The van der Waals surface area contributed by atoms with E-state index < -0.39 is 23.9 Å². The second kappa shape index (κ2) is 12.2. The number of halogens is 1. The molecular weight excluding hydrogens is 370 g/mol. The molecule has 0 saturated carbocycles. The number of alkyl carbamates (subject to hydrolysis) is 1. The number of nitrogens with zero attached hydrogens (tertiary/aromatic N) is 1. The number of hydrogen-bond acceptors (Lipinski definition) is 4. The first kappa shape index (κ1) is 22.8. The van der Waals surface area contributed by atoms with Gasteiger partial charge in [-0.15, -0.1) is 11.6 Å². The predicted octanol–water partition coefficient (Wildman–Crippen LogP) is 2.84. The van der Waals surface area contributed by atoms with Gasteiger partial charge < -0.3 is 10.1 Å². The molecule has 1 rings (SSSR count). The number of hydrogen-bond donors (Lipinski definition) is 2. The van der Waals surface area contributed by atoms with Gasteiger partial charge in [-0.2, -0.15) is 0 Å². The Labute approximate surface area is 165 Å². The summed E-state index contributed by atoms with van der Waals surface area (Å²) in [4.78, 5) is 36.5. The van der Waals surface area contributed by atoms with Gasteiger partial charge in [0.25, 0.3) is 11.8 Å². The third-order valence-electron chi connectivity index (χ3n) is 3.64. The summed E-state index contributed by atoms with van der Waals surface area (Å²) < 4.78 is 5.18. The average Bonchev–Trinajstić information content (AvgIpc) is 2.65. The summed E-state index contributed by atoms with van der Waals surface area (Å²) >= 11 is 5.58. The van der Waals surface area contributed by atoms with Gasteiger partial charge in [0.05, 0.1) is 0 Å². The first-order chi connectivity index (χ1) is 12.9. The molecule has 2 N–H and O–H groups in total. The van der Waals surface area contributed by atoms with E-state index in [1.54, 1.807) is 0 Å². The molecule has 0 aromatic heterocycles. The van der Waals surface area contributed by atoms with Gasteiger partial charge in [-0.3, -0.25) is 20.0 Å². The van der Waals surface area contributed by atoms with Crippen LogP contribution in [0.1, 0.15) is 39.2 Å². The van der Waals surface area contributed by atoms with Crippen molar-refractivity contribution in [2.45, 2.75) is 46.3 Å². The highest BCUT2D eigenvalue weighted by molar-refractivity contribution is 6.27. The Morgan fingerprint density at radius 3 is 2.41 bits per heavy atom. The van der Waals surface area contributed by atoms with Crippen molar-refractivity contribution in [1.82, 2.24) is 15.8 Å². The molecule has 8 heteroatoms. The minimum Gasteiger partial charge on any atom is -0.445 e. The zero-order chi connectivity index (χ0) is 20.2. The van der Waals surface area contributed by atoms with Crippen molar-refractivity contribution < 1.29 is 19.1 Å². The Morgan fingerprint density at radius 2 is 1.85 bits per heavy atom. The van der Waals surface area contributed by atoms with Crippen molar-refractivity contribution in [2.75, 3.05) is 12.4 Å². The fourth-order valence-corrected chi connectivity index (χ4v) is 2.50. The number of carbonyl (C=O) groups is 3. The number of alkyl halides is 1. The highest BCUT2D eigenvalue weighted by atomic mass is 35.5. The van der Waals surface area contributed by atoms with Gasteiger partial charge in [0, 0.05) is 6.54 Å². The zero-order valence-corrected chi connectivity index (χ0v) is 16.8. The highest BCUT2D eigenvalue weighted by Crippen LogP contribution is 2.07. The van der Waals surface area contributed by atoms with E-state index in [0.717, 1.165) is 5.56 Å². The largest absolute Gasteiger partial charge is 0.445 e. The number of nitrogens with one attached hydrogen (secondary N) is 2. The van der Waals surface area contributed by atoms with Crippen LogP contribution in [0.25, 0.3) is 0 Å². The number of hydrazine groups is 1. The molecule has 7 nitrogen and oxygen atoms in total. The van der Waals surface area contributed by atoms with Gasteiger partial charge in [0.2, 0.25) is 0 Å². The molecule has 1 aromatic rings. The maximum absolute atomic E-state index is 12.6. The molecule has 0 fully saturated rings. The Hall–Kier alpha value is -2.28. The van der Waals surface area contributed by atoms with Crippen molar-refractivity contribution in [3.8, 4) is 0 Å². The Balaban J connectivity index is 2.68. The lowest BCUT2D eigenvalue weighted by molar-refractivity contribution is -0.140. The summed E-state index contributed by atoms with van der Waals surface area (Å²) in [6.45, 7) is 6.20. The van der Waals surface area contributed by atoms with Crippen LogP contribution in [0.3, 0.4) is 0 Å². The third-order valence-corrected chi connectivity index (χ3v) is 3.86. The van der Waals surface area contributed by atoms with E-state index in [-0.39, 0.29) is 18.4 Å². The van der Waals surface area contributed by atoms with E-state index in [1.807, 2.05) is 51.1 Å². The molecule has 1 unspecified atom stereocenters. The number of benzene rings is 1. The average molecular weight is 398 g/mol. The predicted molar refractivity (Wildman–Crippen MR) is 104 cm³/mol. The Morgan fingerprint density at radius 1 is 1.19 bits per heavy atom. The van der Waals surface area contributed by atoms with Crippen LogP contribution in [-0.2, 0) is 20.9 Å². The van der Waals surface area contributed by atoms with Gasteiger partial charge in [-0.1, -0.05) is 51.1 Å². The molecule has 27 heavy (non-hydrogen) atoms. The number of amides is 3. The summed E-state index contributed by atoms with van der Waals surface area (Å²) in [6.07, 6.45) is 0.372. The first-order valence-electron chi connectivity index (χ1n) is 9.01. The second-order valence-corrected chi connectivity index (χ2v) is 6.81. The van der Waals surface area contributed by atoms with Crippen LogP contribution in [-0.4, -0.2) is 41.4 Å². The lowest BCUT2D eigenvalue weighted by Gasteiger charge is -2.26. The topological polar surface area (TPSA) is 87.7 Å². The molecule has 0 spiro atoms. The third kappa shape index (κ3) is 8.77. The molecule has 0 bridgehead atoms. The van der Waals surface area contributed by atoms with E-state index in [0.29, 0.717) is 19.4 Å². The van der Waals surface area contributed by atoms with Crippen LogP contribution in [0, 0.1) is 5.92 Å². The van der Waals surface area contributed by atoms with Crippen molar-refractivity contribution in [3.63, 3.8) is 0 Å². The monoisotopic (exact) mass is 397 g/mol. The quantitative estimate of drug-likeness (QED) is 0.495. The van der Waals surface area contributed by atoms with Crippen molar-refractivity contribution >= 4 is 29.5 Å². The molecule has 150 valence electrons. The van der Waals surface area contributed by atoms with Gasteiger partial charge >= 0.3 is 6.09 Å². The fraction of sp³-hybridized carbons (Fsp3) is 0.526. The smallest absolute Gasteiger partial charge is 0.408 e. The van der Waals surface area contributed by atoms with Gasteiger partial charge in [-0.05, 0) is 24.3 Å². The summed E-state index contributed by atoms with van der Waals surface area (Å²) in [5, 5.41) is 3.76. The minimum atomic E-state index is -0.823. The van der Waals surface area contributed by atoms with Crippen LogP contribution in [0.5, 0.6) is 0 Å². The van der Waals surface area contributed by atoms with E-state index in [4.69, 9.17) is 16.3 Å². The SMILES string of the molecule is CCCN(NC(=O)C(CC(C)C)NC(=O)OCc1ccccc1)C(=O)CCl. The first-order valence-corrected chi connectivity index (χ1v) is 9.54. The van der Waals surface area contributed by atoms with Crippen LogP contribution in [0.15, 0.2) is 30.3 Å². The van der Waals surface area contributed by atoms with Crippen LogP contribution in [0.4, 0.5) is 4.79 Å². The standard InChI is InChI=1S/C19H28ClN3O4/c1-4-10-23(17(24)12-20)22-18(25)16(11-14(2)3)21-19(26)27-13-15-8-6-5-7-9-15/h5-9,14,16H,4,10-13H2,1-3H3,(H,21,26)(H,22,25). The van der Waals surface area contributed by atoms with Crippen molar-refractivity contribution in [2.24, 2.45) is 5.92 Å². The van der Waals surface area contributed by atoms with E-state index >= 15 is 0 Å². The summed E-state index contributed by atoms with van der Waals surface area (Å²) in [5.41, 5.74) is 3.39.